The molecule has 1 aromatic carbocycles. The molecule has 4 unspecified atom stereocenters. The maximum Gasteiger partial charge on any atom is 0.324 e. The summed E-state index contributed by atoms with van der Waals surface area (Å²) < 4.78 is 16.5. The first-order valence-corrected chi connectivity index (χ1v) is 10.6. The zero-order chi connectivity index (χ0) is 23.1. The molecular formula is C25H26O7. The summed E-state index contributed by atoms with van der Waals surface area (Å²) in [7, 11) is 0. The fourth-order valence-corrected chi connectivity index (χ4v) is 5.89. The third-order valence-electron chi connectivity index (χ3n) is 7.30. The van der Waals surface area contributed by atoms with Gasteiger partial charge in [-0.25, -0.2) is 0 Å². The Balaban J connectivity index is 2.09. The van der Waals surface area contributed by atoms with Gasteiger partial charge in [-0.1, -0.05) is 43.3 Å². The van der Waals surface area contributed by atoms with E-state index in [0.29, 0.717) is 16.9 Å². The number of allylic oxidation sites excluding steroid dienone is 3. The van der Waals surface area contributed by atoms with Gasteiger partial charge >= 0.3 is 11.9 Å². The van der Waals surface area contributed by atoms with Crippen molar-refractivity contribution in [1.29, 1.82) is 0 Å². The standard InChI is InChI=1S/C25H26O7/c1-4-23(3)20(16-9-7-6-8-10-16)24(21(27)28,22(29)31-5-2)14-25(23)17-13-30-15-32-18(17)11-12-19(25)26/h4,6-12,20H,1,5,13-15H2,2-3H3,(H,27,28). The summed E-state index contributed by atoms with van der Waals surface area (Å²) >= 11 is 0. The van der Waals surface area contributed by atoms with Gasteiger partial charge in [0.2, 0.25) is 0 Å². The van der Waals surface area contributed by atoms with Gasteiger partial charge in [-0.15, -0.1) is 6.58 Å². The van der Waals surface area contributed by atoms with Crippen LogP contribution in [0, 0.1) is 16.2 Å². The summed E-state index contributed by atoms with van der Waals surface area (Å²) in [6.45, 7) is 7.57. The summed E-state index contributed by atoms with van der Waals surface area (Å²) in [6, 6.07) is 8.91. The molecule has 1 aliphatic heterocycles. The molecule has 0 amide bonds. The monoisotopic (exact) mass is 438 g/mol. The van der Waals surface area contributed by atoms with Gasteiger partial charge in [0, 0.05) is 16.9 Å². The largest absolute Gasteiger partial charge is 0.480 e. The highest BCUT2D eigenvalue weighted by Gasteiger charge is 2.76. The Kier molecular flexibility index (Phi) is 5.33. The first-order valence-electron chi connectivity index (χ1n) is 10.6. The van der Waals surface area contributed by atoms with E-state index in [9.17, 15) is 19.5 Å². The van der Waals surface area contributed by atoms with Crippen LogP contribution >= 0.6 is 0 Å². The number of hydrogen-bond acceptors (Lipinski definition) is 6. The van der Waals surface area contributed by atoms with E-state index in [1.54, 1.807) is 50.3 Å². The van der Waals surface area contributed by atoms with Crippen molar-refractivity contribution in [2.75, 3.05) is 20.0 Å². The number of ketones is 1. The van der Waals surface area contributed by atoms with E-state index in [0.717, 1.165) is 0 Å². The third kappa shape index (κ3) is 2.67. The first-order chi connectivity index (χ1) is 15.3. The first kappa shape index (κ1) is 22.0. The van der Waals surface area contributed by atoms with Gasteiger partial charge in [0.05, 0.1) is 18.6 Å². The van der Waals surface area contributed by atoms with Gasteiger partial charge in [-0.2, -0.15) is 0 Å². The van der Waals surface area contributed by atoms with E-state index < -0.39 is 34.1 Å². The Morgan fingerprint density at radius 1 is 1.28 bits per heavy atom. The Hall–Kier alpha value is -3.19. The zero-order valence-corrected chi connectivity index (χ0v) is 18.1. The molecule has 0 aromatic heterocycles. The second kappa shape index (κ2) is 7.74. The van der Waals surface area contributed by atoms with E-state index in [1.165, 1.54) is 6.08 Å². The average molecular weight is 438 g/mol. The van der Waals surface area contributed by atoms with Crippen LogP contribution < -0.4 is 0 Å². The highest BCUT2D eigenvalue weighted by molar-refractivity contribution is 6.07. The Bertz CT molecular complexity index is 1040. The number of ether oxygens (including phenoxy) is 3. The number of carbonyl (C=O) groups is 3. The number of rotatable bonds is 5. The average Bonchev–Trinajstić information content (AvgIpc) is 3.05. The molecule has 168 valence electrons. The molecule has 2 aliphatic carbocycles. The summed E-state index contributed by atoms with van der Waals surface area (Å²) in [4.78, 5) is 40.1. The number of aliphatic carboxylic acids is 1. The number of hydrogen-bond donors (Lipinski definition) is 1. The van der Waals surface area contributed by atoms with Crippen molar-refractivity contribution in [2.45, 2.75) is 26.2 Å². The molecule has 4 rings (SSSR count). The number of carbonyl (C=O) groups excluding carboxylic acids is 2. The minimum atomic E-state index is -2.02. The van der Waals surface area contributed by atoms with Crippen molar-refractivity contribution in [3.05, 3.63) is 72.0 Å². The van der Waals surface area contributed by atoms with Crippen LogP contribution in [0.2, 0.25) is 0 Å². The minimum Gasteiger partial charge on any atom is -0.480 e. The molecular weight excluding hydrogens is 412 g/mol. The zero-order valence-electron chi connectivity index (χ0n) is 18.1. The topological polar surface area (TPSA) is 99.1 Å². The van der Waals surface area contributed by atoms with Crippen LogP contribution in [0.1, 0.15) is 31.7 Å². The van der Waals surface area contributed by atoms with Crippen molar-refractivity contribution in [3.8, 4) is 0 Å². The number of carboxylic acid groups (broad SMARTS) is 1. The molecule has 4 atom stereocenters. The summed E-state index contributed by atoms with van der Waals surface area (Å²) in [5.74, 6) is -2.95. The van der Waals surface area contributed by atoms with Gasteiger partial charge < -0.3 is 19.3 Å². The Labute approximate surface area is 186 Å². The van der Waals surface area contributed by atoms with Gasteiger partial charge in [-0.05, 0) is 31.1 Å². The lowest BCUT2D eigenvalue weighted by atomic mass is 9.55. The third-order valence-corrected chi connectivity index (χ3v) is 7.30. The highest BCUT2D eigenvalue weighted by atomic mass is 16.7. The van der Waals surface area contributed by atoms with Gasteiger partial charge in [0.1, 0.15) is 5.76 Å². The molecule has 32 heavy (non-hydrogen) atoms. The van der Waals surface area contributed by atoms with Crippen LogP contribution in [-0.4, -0.2) is 42.8 Å². The fraction of sp³-hybridized carbons (Fsp3) is 0.400. The molecule has 1 aromatic rings. The van der Waals surface area contributed by atoms with Crippen LogP contribution in [0.4, 0.5) is 0 Å². The highest BCUT2D eigenvalue weighted by Crippen LogP contribution is 2.72. The van der Waals surface area contributed by atoms with E-state index in [1.807, 2.05) is 6.07 Å². The van der Waals surface area contributed by atoms with E-state index in [4.69, 9.17) is 14.2 Å². The Morgan fingerprint density at radius 3 is 2.62 bits per heavy atom. The molecule has 0 saturated heterocycles. The van der Waals surface area contributed by atoms with Crippen LogP contribution in [-0.2, 0) is 28.6 Å². The molecule has 7 heteroatoms. The lowest BCUT2D eigenvalue weighted by Gasteiger charge is -2.47. The smallest absolute Gasteiger partial charge is 0.324 e. The molecule has 3 aliphatic rings. The quantitative estimate of drug-likeness (QED) is 0.427. The van der Waals surface area contributed by atoms with Gasteiger partial charge in [0.25, 0.3) is 0 Å². The summed E-state index contributed by atoms with van der Waals surface area (Å²) in [6.07, 6.45) is 4.30. The van der Waals surface area contributed by atoms with Gasteiger partial charge in [-0.3, -0.25) is 14.4 Å². The number of carboxylic acids is 1. The number of fused-ring (bicyclic) bond motifs is 1. The maximum atomic E-state index is 13.7. The summed E-state index contributed by atoms with van der Waals surface area (Å²) in [5, 5.41) is 10.6. The minimum absolute atomic E-state index is 0.0151. The SMILES string of the molecule is C=CC1(C)C(c2ccccc2)C(C(=O)O)(C(=O)OCC)CC12C(=O)C=CC1=C2COCO1. The predicted molar refractivity (Wildman–Crippen MR) is 114 cm³/mol. The normalized spacial score (nSPS) is 33.6. The number of esters is 1. The van der Waals surface area contributed by atoms with Crippen molar-refractivity contribution in [2.24, 2.45) is 16.2 Å². The van der Waals surface area contributed by atoms with E-state index >= 15 is 0 Å². The lowest BCUT2D eigenvalue weighted by molar-refractivity contribution is -0.170. The van der Waals surface area contributed by atoms with Crippen LogP contribution in [0.3, 0.4) is 0 Å². The van der Waals surface area contributed by atoms with Crippen molar-refractivity contribution in [3.63, 3.8) is 0 Å². The second-order valence-corrected chi connectivity index (χ2v) is 8.56. The van der Waals surface area contributed by atoms with Crippen molar-refractivity contribution in [1.82, 2.24) is 0 Å². The van der Waals surface area contributed by atoms with Crippen molar-refractivity contribution >= 4 is 17.7 Å². The lowest BCUT2D eigenvalue weighted by Crippen LogP contribution is -2.47. The molecule has 7 nitrogen and oxygen atoms in total. The fourth-order valence-electron chi connectivity index (χ4n) is 5.89. The molecule has 1 N–H and O–H groups in total. The predicted octanol–water partition coefficient (Wildman–Crippen LogP) is 3.38. The van der Waals surface area contributed by atoms with E-state index in [2.05, 4.69) is 6.58 Å². The maximum absolute atomic E-state index is 13.7. The second-order valence-electron chi connectivity index (χ2n) is 8.56. The Morgan fingerprint density at radius 2 is 2.00 bits per heavy atom. The molecule has 1 fully saturated rings. The van der Waals surface area contributed by atoms with Gasteiger partial charge in [0.15, 0.2) is 18.0 Å². The molecule has 0 radical (unpaired) electrons. The molecule has 1 heterocycles. The number of benzene rings is 1. The van der Waals surface area contributed by atoms with Crippen LogP contribution in [0.25, 0.3) is 0 Å². The van der Waals surface area contributed by atoms with Crippen LogP contribution in [0.5, 0.6) is 0 Å². The molecule has 0 bridgehead atoms. The van der Waals surface area contributed by atoms with Crippen LogP contribution in [0.15, 0.2) is 66.5 Å². The molecule has 1 spiro atoms. The summed E-state index contributed by atoms with van der Waals surface area (Å²) in [5.41, 5.74) is -3.43. The molecule has 1 saturated carbocycles. The van der Waals surface area contributed by atoms with Crippen molar-refractivity contribution < 1.29 is 33.7 Å². The van der Waals surface area contributed by atoms with E-state index in [-0.39, 0.29) is 32.2 Å².